The number of carboxylic acids is 1. The van der Waals surface area contributed by atoms with Crippen LogP contribution in [0.1, 0.15) is 17.5 Å². The van der Waals surface area contributed by atoms with Crippen molar-refractivity contribution in [3.05, 3.63) is 47.5 Å². The molecular formula is C21H26N2O3. The summed E-state index contributed by atoms with van der Waals surface area (Å²) in [6.45, 7) is 6.35. The van der Waals surface area contributed by atoms with Gasteiger partial charge in [0, 0.05) is 17.5 Å². The Bertz CT molecular complexity index is 737. The summed E-state index contributed by atoms with van der Waals surface area (Å²) in [7, 11) is 0. The van der Waals surface area contributed by atoms with Crippen molar-refractivity contribution < 1.29 is 19.6 Å². The minimum absolute atomic E-state index is 0.0194. The quantitative estimate of drug-likeness (QED) is 0.735. The number of amides is 1. The van der Waals surface area contributed by atoms with Gasteiger partial charge in [-0.1, -0.05) is 36.4 Å². The van der Waals surface area contributed by atoms with Crippen LogP contribution < -0.4 is 10.0 Å². The molecular weight excluding hydrogens is 328 g/mol. The number of benzene rings is 1. The van der Waals surface area contributed by atoms with Crippen molar-refractivity contribution in [1.82, 2.24) is 4.90 Å². The molecule has 1 aromatic rings. The number of aryl methyl sites for hydroxylation is 1. The number of nitrogens with zero attached hydrogens (tertiary/aromatic N) is 1. The van der Waals surface area contributed by atoms with Gasteiger partial charge in [0.25, 0.3) is 0 Å². The maximum atomic E-state index is 13.0. The van der Waals surface area contributed by atoms with E-state index in [0.29, 0.717) is 13.1 Å². The lowest BCUT2D eigenvalue weighted by Crippen LogP contribution is -3.13. The zero-order valence-electron chi connectivity index (χ0n) is 15.2. The molecule has 5 nitrogen and oxygen atoms in total. The predicted molar refractivity (Wildman–Crippen MR) is 94.9 cm³/mol. The van der Waals surface area contributed by atoms with Gasteiger partial charge in [-0.2, -0.15) is 0 Å². The number of hydrogen-bond acceptors (Lipinski definition) is 3. The molecule has 0 aromatic heterocycles. The van der Waals surface area contributed by atoms with Crippen LogP contribution in [0.25, 0.3) is 0 Å². The third-order valence-corrected chi connectivity index (χ3v) is 6.50. The van der Waals surface area contributed by atoms with Crippen LogP contribution in [0.4, 0.5) is 0 Å². The van der Waals surface area contributed by atoms with E-state index in [9.17, 15) is 14.7 Å². The maximum Gasteiger partial charge on any atom is 0.227 e. The van der Waals surface area contributed by atoms with E-state index in [1.807, 2.05) is 17.1 Å². The molecule has 1 aromatic carbocycles. The molecule has 1 saturated carbocycles. The van der Waals surface area contributed by atoms with E-state index in [-0.39, 0.29) is 17.7 Å². The molecule has 0 unspecified atom stereocenters. The van der Waals surface area contributed by atoms with Gasteiger partial charge in [0.2, 0.25) is 5.91 Å². The average Bonchev–Trinajstić information content (AvgIpc) is 3.25. The minimum Gasteiger partial charge on any atom is -0.550 e. The highest BCUT2D eigenvalue weighted by Crippen LogP contribution is 2.48. The van der Waals surface area contributed by atoms with Gasteiger partial charge in [-0.25, -0.2) is 0 Å². The van der Waals surface area contributed by atoms with E-state index in [1.54, 1.807) is 0 Å². The van der Waals surface area contributed by atoms with Gasteiger partial charge in [-0.05, 0) is 30.7 Å². The Kier molecular flexibility index (Phi) is 4.57. The molecule has 4 atom stereocenters. The Morgan fingerprint density at radius 3 is 2.42 bits per heavy atom. The summed E-state index contributed by atoms with van der Waals surface area (Å²) in [5.41, 5.74) is 2.67. The largest absolute Gasteiger partial charge is 0.550 e. The highest BCUT2D eigenvalue weighted by atomic mass is 16.4. The summed E-state index contributed by atoms with van der Waals surface area (Å²) in [6, 6.07) is 8.44. The lowest BCUT2D eigenvalue weighted by atomic mass is 9.82. The molecule has 3 aliphatic rings. The molecule has 2 aliphatic carbocycles. The zero-order valence-corrected chi connectivity index (χ0v) is 15.2. The van der Waals surface area contributed by atoms with Gasteiger partial charge in [0.15, 0.2) is 0 Å². The number of nitrogens with one attached hydrogen (secondary N) is 1. The summed E-state index contributed by atoms with van der Waals surface area (Å²) in [6.07, 6.45) is 4.78. The number of quaternary nitrogens is 1. The minimum atomic E-state index is -1.07. The van der Waals surface area contributed by atoms with E-state index in [1.165, 1.54) is 16.0 Å². The normalized spacial score (nSPS) is 30.7. The first-order valence-electron chi connectivity index (χ1n) is 9.60. The molecule has 0 radical (unpaired) electrons. The lowest BCUT2D eigenvalue weighted by Gasteiger charge is -2.37. The monoisotopic (exact) mass is 354 g/mol. The standard InChI is InChI=1S/C21H26N2O3/c1-14-4-2-3-5-17(14)13-22-8-10-23(11-9-22)20(24)18-15-6-7-16(12-15)19(18)21(25)26/h2-7,15-16,18-19H,8-13H2,1H3,(H,25,26)/t15-,16+,18+,19+/m1/s1. The second-order valence-corrected chi connectivity index (χ2v) is 8.00. The predicted octanol–water partition coefficient (Wildman–Crippen LogP) is -0.590. The van der Waals surface area contributed by atoms with Crippen molar-refractivity contribution in [2.24, 2.45) is 23.7 Å². The second-order valence-electron chi connectivity index (χ2n) is 8.00. The highest BCUT2D eigenvalue weighted by molar-refractivity contribution is 5.86. The Morgan fingerprint density at radius 2 is 1.77 bits per heavy atom. The Labute approximate surface area is 154 Å². The fourth-order valence-electron chi connectivity index (χ4n) is 4.99. The second kappa shape index (κ2) is 6.88. The van der Waals surface area contributed by atoms with Crippen LogP contribution in [0.15, 0.2) is 36.4 Å². The van der Waals surface area contributed by atoms with Crippen molar-refractivity contribution in [2.75, 3.05) is 26.2 Å². The van der Waals surface area contributed by atoms with Gasteiger partial charge in [0.1, 0.15) is 6.54 Å². The Balaban J connectivity index is 1.37. The number of carbonyl (C=O) groups is 2. The van der Waals surface area contributed by atoms with Crippen LogP contribution in [-0.2, 0) is 16.1 Å². The number of aliphatic carboxylic acids is 1. The molecule has 1 N–H and O–H groups in total. The molecule has 1 saturated heterocycles. The molecule has 1 heterocycles. The molecule has 26 heavy (non-hydrogen) atoms. The number of carbonyl (C=O) groups excluding carboxylic acids is 2. The number of hydrogen-bond donors (Lipinski definition) is 1. The van der Waals surface area contributed by atoms with E-state index in [2.05, 4.69) is 31.2 Å². The van der Waals surface area contributed by atoms with Crippen molar-refractivity contribution in [1.29, 1.82) is 0 Å². The average molecular weight is 354 g/mol. The van der Waals surface area contributed by atoms with Gasteiger partial charge in [-0.15, -0.1) is 0 Å². The smallest absolute Gasteiger partial charge is 0.227 e. The third kappa shape index (κ3) is 3.05. The summed E-state index contributed by atoms with van der Waals surface area (Å²) in [5.74, 6) is -2.06. The van der Waals surface area contributed by atoms with Crippen LogP contribution in [0, 0.1) is 30.6 Å². The number of fused-ring (bicyclic) bond motifs is 2. The summed E-state index contributed by atoms with van der Waals surface area (Å²) in [4.78, 5) is 27.9. The van der Waals surface area contributed by atoms with Gasteiger partial charge in [0.05, 0.1) is 32.1 Å². The highest BCUT2D eigenvalue weighted by Gasteiger charge is 2.50. The van der Waals surface area contributed by atoms with E-state index in [0.717, 1.165) is 26.1 Å². The number of allylic oxidation sites excluding steroid dienone is 2. The van der Waals surface area contributed by atoms with E-state index in [4.69, 9.17) is 0 Å². The first-order valence-corrected chi connectivity index (χ1v) is 9.60. The first kappa shape index (κ1) is 17.3. The lowest BCUT2D eigenvalue weighted by molar-refractivity contribution is -0.917. The fourth-order valence-corrected chi connectivity index (χ4v) is 4.99. The summed E-state index contributed by atoms with van der Waals surface area (Å²) < 4.78 is 0. The molecule has 4 rings (SSSR count). The molecule has 1 aliphatic heterocycles. The number of carboxylic acid groups (broad SMARTS) is 1. The fraction of sp³-hybridized carbons (Fsp3) is 0.524. The van der Waals surface area contributed by atoms with E-state index < -0.39 is 17.8 Å². The van der Waals surface area contributed by atoms with E-state index >= 15 is 0 Å². The van der Waals surface area contributed by atoms with Crippen molar-refractivity contribution in [3.8, 4) is 0 Å². The maximum absolute atomic E-state index is 13.0. The number of piperazine rings is 1. The number of rotatable bonds is 4. The first-order chi connectivity index (χ1) is 12.5. The topological polar surface area (TPSA) is 64.9 Å². The molecule has 2 fully saturated rings. The van der Waals surface area contributed by atoms with Crippen LogP contribution in [0.5, 0.6) is 0 Å². The van der Waals surface area contributed by atoms with Crippen molar-refractivity contribution in [3.63, 3.8) is 0 Å². The van der Waals surface area contributed by atoms with Gasteiger partial charge >= 0.3 is 0 Å². The van der Waals surface area contributed by atoms with Gasteiger partial charge < -0.3 is 19.7 Å². The molecule has 138 valence electrons. The zero-order chi connectivity index (χ0) is 18.3. The molecule has 2 bridgehead atoms. The van der Waals surface area contributed by atoms with Crippen LogP contribution >= 0.6 is 0 Å². The summed E-state index contributed by atoms with van der Waals surface area (Å²) in [5, 5.41) is 11.6. The third-order valence-electron chi connectivity index (χ3n) is 6.50. The SMILES string of the molecule is Cc1ccccc1C[NH+]1CCN(C(=O)[C@@H]2[C@@H](C(=O)[O-])[C@H]3C=C[C@@H]2C3)CC1. The van der Waals surface area contributed by atoms with Crippen LogP contribution in [-0.4, -0.2) is 43.0 Å². The van der Waals surface area contributed by atoms with Crippen LogP contribution in [0.2, 0.25) is 0 Å². The van der Waals surface area contributed by atoms with Gasteiger partial charge in [-0.3, -0.25) is 4.79 Å². The van der Waals surface area contributed by atoms with Crippen molar-refractivity contribution >= 4 is 11.9 Å². The molecule has 5 heteroatoms. The Morgan fingerprint density at radius 1 is 1.12 bits per heavy atom. The van der Waals surface area contributed by atoms with Crippen LogP contribution in [0.3, 0.4) is 0 Å². The summed E-state index contributed by atoms with van der Waals surface area (Å²) >= 11 is 0. The Hall–Kier alpha value is -2.14. The van der Waals surface area contributed by atoms with Crippen molar-refractivity contribution in [2.45, 2.75) is 19.9 Å². The molecule has 0 spiro atoms. The molecule has 1 amide bonds.